The lowest BCUT2D eigenvalue weighted by molar-refractivity contribution is -0.931. The molecule has 1 aliphatic rings. The second-order valence-corrected chi connectivity index (χ2v) is 7.86. The van der Waals surface area contributed by atoms with Gasteiger partial charge in [-0.1, -0.05) is 32.6 Å². The molecular formula is C16H36NO3S+. The van der Waals surface area contributed by atoms with Crippen molar-refractivity contribution in [1.82, 2.24) is 0 Å². The summed E-state index contributed by atoms with van der Waals surface area (Å²) >= 11 is 0. The summed E-state index contributed by atoms with van der Waals surface area (Å²) in [4.78, 5) is 0. The van der Waals surface area contributed by atoms with E-state index in [0.717, 1.165) is 0 Å². The first-order valence-corrected chi connectivity index (χ1v) is 10.5. The van der Waals surface area contributed by atoms with Crippen molar-refractivity contribution in [1.29, 1.82) is 0 Å². The van der Waals surface area contributed by atoms with Crippen LogP contribution in [0.2, 0.25) is 0 Å². The molecule has 0 aliphatic carbocycles. The van der Waals surface area contributed by atoms with Crippen LogP contribution in [0.15, 0.2) is 0 Å². The number of unbranched alkanes of at least 4 members (excludes halogenated alkanes) is 5. The fraction of sp³-hybridized carbons (Fsp3) is 1.00. The first-order chi connectivity index (χ1) is 9.83. The van der Waals surface area contributed by atoms with Crippen molar-refractivity contribution in [3.63, 3.8) is 0 Å². The van der Waals surface area contributed by atoms with Gasteiger partial charge in [-0.15, -0.1) is 0 Å². The smallest absolute Gasteiger partial charge is 0.261 e. The third kappa shape index (κ3) is 13.3. The monoisotopic (exact) mass is 322 g/mol. The normalized spacial score (nSPS) is 17.9. The minimum atomic E-state index is -3.67. The third-order valence-electron chi connectivity index (χ3n) is 4.42. The van der Waals surface area contributed by atoms with E-state index >= 15 is 0 Å². The van der Waals surface area contributed by atoms with Crippen molar-refractivity contribution in [2.75, 3.05) is 32.4 Å². The molecule has 0 aromatic carbocycles. The largest absolute Gasteiger partial charge is 0.324 e. The zero-order valence-electron chi connectivity index (χ0n) is 14.3. The Balaban J connectivity index is 0.000000690. The van der Waals surface area contributed by atoms with Crippen LogP contribution in [-0.2, 0) is 10.1 Å². The summed E-state index contributed by atoms with van der Waals surface area (Å²) in [6, 6.07) is 0. The van der Waals surface area contributed by atoms with Crippen LogP contribution in [-0.4, -0.2) is 49.9 Å². The van der Waals surface area contributed by atoms with Gasteiger partial charge in [0.15, 0.2) is 0 Å². The minimum absolute atomic E-state index is 0.715. The van der Waals surface area contributed by atoms with Gasteiger partial charge < -0.3 is 4.48 Å². The van der Waals surface area contributed by atoms with Gasteiger partial charge in [0, 0.05) is 0 Å². The van der Waals surface area contributed by atoms with Crippen LogP contribution in [0, 0.1) is 0 Å². The molecule has 0 aromatic rings. The van der Waals surface area contributed by atoms with Crippen molar-refractivity contribution in [2.24, 2.45) is 0 Å². The number of rotatable bonds is 8. The number of piperidine rings is 1. The third-order valence-corrected chi connectivity index (χ3v) is 4.42. The van der Waals surface area contributed by atoms with Gasteiger partial charge in [0.05, 0.1) is 32.4 Å². The van der Waals surface area contributed by atoms with E-state index in [4.69, 9.17) is 4.55 Å². The molecule has 5 heteroatoms. The van der Waals surface area contributed by atoms with Gasteiger partial charge in [0.2, 0.25) is 0 Å². The molecule has 21 heavy (non-hydrogen) atoms. The molecule has 1 heterocycles. The molecule has 128 valence electrons. The number of quaternary nitrogens is 1. The summed E-state index contributed by atoms with van der Waals surface area (Å²) in [5.74, 6) is 0. The topological polar surface area (TPSA) is 54.4 Å². The van der Waals surface area contributed by atoms with Crippen LogP contribution in [0.3, 0.4) is 0 Å². The zero-order valence-corrected chi connectivity index (χ0v) is 15.1. The van der Waals surface area contributed by atoms with E-state index in [1.807, 2.05) is 0 Å². The molecule has 0 spiro atoms. The molecule has 1 N–H and O–H groups in total. The highest BCUT2D eigenvalue weighted by atomic mass is 32.2. The molecule has 1 fully saturated rings. The van der Waals surface area contributed by atoms with E-state index in [1.165, 1.54) is 88.4 Å². The highest BCUT2D eigenvalue weighted by molar-refractivity contribution is 7.85. The lowest BCUT2D eigenvalue weighted by atomic mass is 10.1. The van der Waals surface area contributed by atoms with Gasteiger partial charge in [-0.05, 0) is 39.0 Å². The molecule has 0 radical (unpaired) electrons. The molecule has 1 rings (SSSR count). The number of likely N-dealkylation sites (tertiary alicyclic amines) is 1. The van der Waals surface area contributed by atoms with Gasteiger partial charge in [0.25, 0.3) is 10.1 Å². The van der Waals surface area contributed by atoms with Crippen molar-refractivity contribution >= 4 is 10.1 Å². The Labute approximate surface area is 132 Å². The quantitative estimate of drug-likeness (QED) is 0.419. The van der Waals surface area contributed by atoms with E-state index in [2.05, 4.69) is 13.8 Å². The summed E-state index contributed by atoms with van der Waals surface area (Å²) in [6.07, 6.45) is 13.8. The second kappa shape index (κ2) is 11.4. The zero-order chi connectivity index (χ0) is 16.2. The van der Waals surface area contributed by atoms with E-state index in [9.17, 15) is 8.42 Å². The summed E-state index contributed by atoms with van der Waals surface area (Å²) in [6.45, 7) is 10.4. The Hall–Kier alpha value is -0.130. The predicted octanol–water partition coefficient (Wildman–Crippen LogP) is 3.87. The average Bonchev–Trinajstić information content (AvgIpc) is 2.42. The van der Waals surface area contributed by atoms with Crippen molar-refractivity contribution in [3.05, 3.63) is 0 Å². The minimum Gasteiger partial charge on any atom is -0.324 e. The lowest BCUT2D eigenvalue weighted by Crippen LogP contribution is -2.51. The number of hydrogen-bond donors (Lipinski definition) is 1. The molecule has 0 atom stereocenters. The lowest BCUT2D eigenvalue weighted by Gasteiger charge is -2.41. The highest BCUT2D eigenvalue weighted by Crippen LogP contribution is 2.20. The second-order valence-electron chi connectivity index (χ2n) is 6.39. The van der Waals surface area contributed by atoms with Gasteiger partial charge in [-0.2, -0.15) is 8.42 Å². The summed E-state index contributed by atoms with van der Waals surface area (Å²) < 4.78 is 27.3. The van der Waals surface area contributed by atoms with Gasteiger partial charge in [-0.3, -0.25) is 4.55 Å². The van der Waals surface area contributed by atoms with E-state index < -0.39 is 10.1 Å². The van der Waals surface area contributed by atoms with Gasteiger partial charge in [0.1, 0.15) is 0 Å². The van der Waals surface area contributed by atoms with Crippen LogP contribution in [0.25, 0.3) is 0 Å². The van der Waals surface area contributed by atoms with Gasteiger partial charge in [-0.25, -0.2) is 0 Å². The molecule has 0 saturated carbocycles. The van der Waals surface area contributed by atoms with Crippen LogP contribution < -0.4 is 0 Å². The summed E-state index contributed by atoms with van der Waals surface area (Å²) in [5.41, 5.74) is 0. The predicted molar refractivity (Wildman–Crippen MR) is 90.1 cm³/mol. The van der Waals surface area contributed by atoms with Gasteiger partial charge >= 0.3 is 0 Å². The maximum absolute atomic E-state index is 9.19. The number of hydrogen-bond acceptors (Lipinski definition) is 2. The van der Waals surface area contributed by atoms with Crippen LogP contribution in [0.5, 0.6) is 0 Å². The van der Waals surface area contributed by atoms with E-state index in [-0.39, 0.29) is 0 Å². The van der Waals surface area contributed by atoms with Crippen molar-refractivity contribution in [3.8, 4) is 0 Å². The van der Waals surface area contributed by atoms with Crippen molar-refractivity contribution in [2.45, 2.75) is 71.6 Å². The first kappa shape index (κ1) is 20.9. The average molecular weight is 323 g/mol. The molecule has 1 saturated heterocycles. The molecule has 4 nitrogen and oxygen atoms in total. The van der Waals surface area contributed by atoms with Crippen molar-refractivity contribution < 1.29 is 17.5 Å². The summed E-state index contributed by atoms with van der Waals surface area (Å²) in [7, 11) is -3.67. The highest BCUT2D eigenvalue weighted by Gasteiger charge is 2.26. The van der Waals surface area contributed by atoms with E-state index in [1.54, 1.807) is 0 Å². The van der Waals surface area contributed by atoms with Crippen LogP contribution >= 0.6 is 0 Å². The SMILES string of the molecule is CCCCCCCC[N+]1(CC)CCCCC1.CS(=O)(=O)O. The van der Waals surface area contributed by atoms with Crippen LogP contribution in [0.4, 0.5) is 0 Å². The Morgan fingerprint density at radius 3 is 1.86 bits per heavy atom. The molecule has 0 unspecified atom stereocenters. The maximum atomic E-state index is 9.19. The molecule has 0 aromatic heterocycles. The summed E-state index contributed by atoms with van der Waals surface area (Å²) in [5, 5.41) is 0. The molecule has 1 aliphatic heterocycles. The number of nitrogens with zero attached hydrogens (tertiary/aromatic N) is 1. The Kier molecular flexibility index (Phi) is 11.4. The Morgan fingerprint density at radius 2 is 1.38 bits per heavy atom. The van der Waals surface area contributed by atoms with E-state index in [0.29, 0.717) is 6.26 Å². The standard InChI is InChI=1S/C15H32N.CH4O3S/c1-3-5-6-7-8-10-13-16(4-2)14-11-9-12-15-16;1-5(2,3)4/h3-15H2,1-2H3;1H3,(H,2,3,4)/q+1;. The fourth-order valence-electron chi connectivity index (χ4n) is 3.11. The maximum Gasteiger partial charge on any atom is 0.261 e. The molecule has 0 amide bonds. The molecular weight excluding hydrogens is 286 g/mol. The van der Waals surface area contributed by atoms with Crippen LogP contribution in [0.1, 0.15) is 71.6 Å². The Morgan fingerprint density at radius 1 is 0.905 bits per heavy atom. The fourth-order valence-corrected chi connectivity index (χ4v) is 3.11. The molecule has 0 bridgehead atoms. The Bertz CT molecular complexity index is 327. The first-order valence-electron chi connectivity index (χ1n) is 8.60.